The maximum atomic E-state index is 10.9. The lowest BCUT2D eigenvalue weighted by Gasteiger charge is -2.08. The minimum Gasteiger partial charge on any atom is -0.466 e. The number of hydrogen-bond donors (Lipinski definition) is 0. The van der Waals surface area contributed by atoms with Gasteiger partial charge in [0.15, 0.2) is 0 Å². The van der Waals surface area contributed by atoms with Crippen molar-refractivity contribution in [3.63, 3.8) is 0 Å². The van der Waals surface area contributed by atoms with Gasteiger partial charge in [-0.2, -0.15) is 0 Å². The van der Waals surface area contributed by atoms with Crippen molar-refractivity contribution in [1.82, 2.24) is 0 Å². The van der Waals surface area contributed by atoms with Gasteiger partial charge in [0.2, 0.25) is 0 Å². The zero-order valence-electron chi connectivity index (χ0n) is 9.75. The van der Waals surface area contributed by atoms with E-state index in [1.54, 1.807) is 6.08 Å². The van der Waals surface area contributed by atoms with Crippen LogP contribution in [0.3, 0.4) is 0 Å². The molecule has 2 nitrogen and oxygen atoms in total. The maximum absolute atomic E-state index is 10.9. The van der Waals surface area contributed by atoms with Gasteiger partial charge in [-0.15, -0.1) is 6.58 Å². The molecular weight excluding hydrogens is 188 g/mol. The smallest absolute Gasteiger partial charge is 0.330 e. The molecule has 0 N–H and O–H groups in total. The van der Waals surface area contributed by atoms with Gasteiger partial charge >= 0.3 is 5.97 Å². The second-order valence-electron chi connectivity index (χ2n) is 3.42. The Hall–Kier alpha value is -1.31. The van der Waals surface area contributed by atoms with Gasteiger partial charge in [0, 0.05) is 12.0 Å². The fourth-order valence-corrected chi connectivity index (χ4v) is 1.11. The molecule has 0 aromatic heterocycles. The lowest BCUT2D eigenvalue weighted by Crippen LogP contribution is -1.98. The molecule has 0 aromatic carbocycles. The van der Waals surface area contributed by atoms with Gasteiger partial charge in [-0.1, -0.05) is 23.8 Å². The molecule has 0 saturated heterocycles. The molecule has 0 bridgehead atoms. The van der Waals surface area contributed by atoms with Crippen LogP contribution in [0.25, 0.3) is 0 Å². The Balaban J connectivity index is 4.28. The zero-order valence-corrected chi connectivity index (χ0v) is 9.75. The van der Waals surface area contributed by atoms with Gasteiger partial charge in [-0.25, -0.2) is 4.79 Å². The maximum Gasteiger partial charge on any atom is 0.330 e. The van der Waals surface area contributed by atoms with E-state index in [0.717, 1.165) is 24.3 Å². The fraction of sp³-hybridized carbons (Fsp3) is 0.385. The van der Waals surface area contributed by atoms with Crippen LogP contribution < -0.4 is 0 Å². The van der Waals surface area contributed by atoms with E-state index in [4.69, 9.17) is 0 Å². The van der Waals surface area contributed by atoms with Crippen LogP contribution in [0.5, 0.6) is 0 Å². The third-order valence-electron chi connectivity index (χ3n) is 1.80. The van der Waals surface area contributed by atoms with Gasteiger partial charge in [-0.3, -0.25) is 0 Å². The van der Waals surface area contributed by atoms with Gasteiger partial charge in [-0.05, 0) is 26.7 Å². The molecule has 2 heteroatoms. The first-order valence-electron chi connectivity index (χ1n) is 4.96. The Bertz CT molecular complexity index is 262. The van der Waals surface area contributed by atoms with E-state index in [1.807, 2.05) is 19.9 Å². The van der Waals surface area contributed by atoms with Crippen LogP contribution >= 0.6 is 0 Å². The van der Waals surface area contributed by atoms with Crippen LogP contribution in [0.1, 0.15) is 26.7 Å². The first kappa shape index (κ1) is 13.7. The summed E-state index contributed by atoms with van der Waals surface area (Å²) in [5.74, 6) is 0.834. The zero-order chi connectivity index (χ0) is 11.7. The van der Waals surface area contributed by atoms with Gasteiger partial charge in [0.05, 0.1) is 7.11 Å². The first-order valence-corrected chi connectivity index (χ1v) is 4.96. The Morgan fingerprint density at radius 2 is 2.07 bits per heavy atom. The molecule has 1 radical (unpaired) electrons. The average Bonchev–Trinajstić information content (AvgIpc) is 2.20. The number of carbonyl (C=O) groups excluding carboxylic acids is 1. The molecule has 15 heavy (non-hydrogen) atoms. The largest absolute Gasteiger partial charge is 0.466 e. The van der Waals surface area contributed by atoms with Gasteiger partial charge < -0.3 is 4.74 Å². The molecule has 0 spiro atoms. The van der Waals surface area contributed by atoms with Crippen LogP contribution in [0.4, 0.5) is 0 Å². The summed E-state index contributed by atoms with van der Waals surface area (Å²) in [6.45, 7) is 7.80. The van der Waals surface area contributed by atoms with E-state index in [0.29, 0.717) is 0 Å². The number of esters is 1. The van der Waals surface area contributed by atoms with Crippen molar-refractivity contribution in [2.45, 2.75) is 26.7 Å². The third-order valence-corrected chi connectivity index (χ3v) is 1.80. The molecule has 0 heterocycles. The van der Waals surface area contributed by atoms with Crippen molar-refractivity contribution in [3.8, 4) is 0 Å². The van der Waals surface area contributed by atoms with E-state index in [1.165, 1.54) is 13.2 Å². The predicted octanol–water partition coefficient (Wildman–Crippen LogP) is 3.22. The molecular formula is C13H19O2. The fourth-order valence-electron chi connectivity index (χ4n) is 1.11. The van der Waals surface area contributed by atoms with E-state index >= 15 is 0 Å². The van der Waals surface area contributed by atoms with E-state index in [9.17, 15) is 4.79 Å². The Kier molecular flexibility index (Phi) is 7.33. The second-order valence-corrected chi connectivity index (χ2v) is 3.42. The summed E-state index contributed by atoms with van der Waals surface area (Å²) < 4.78 is 4.53. The monoisotopic (exact) mass is 207 g/mol. The predicted molar refractivity (Wildman–Crippen MR) is 63.3 cm³/mol. The summed E-state index contributed by atoms with van der Waals surface area (Å²) in [5, 5.41) is 0. The molecule has 0 aliphatic heterocycles. The Labute approximate surface area is 92.3 Å². The highest BCUT2D eigenvalue weighted by atomic mass is 16.5. The van der Waals surface area contributed by atoms with E-state index in [-0.39, 0.29) is 5.97 Å². The van der Waals surface area contributed by atoms with Crippen molar-refractivity contribution in [2.24, 2.45) is 0 Å². The molecule has 0 amide bonds. The van der Waals surface area contributed by atoms with Crippen LogP contribution in [0.2, 0.25) is 0 Å². The highest BCUT2D eigenvalue weighted by Gasteiger charge is 2.04. The topological polar surface area (TPSA) is 26.3 Å². The van der Waals surface area contributed by atoms with Gasteiger partial charge in [0.25, 0.3) is 0 Å². The van der Waals surface area contributed by atoms with Crippen LogP contribution in [-0.2, 0) is 9.53 Å². The third kappa shape index (κ3) is 7.74. The SMILES string of the molecule is C=C(C)C[C](C=CC(=O)OC)CC=CC. The van der Waals surface area contributed by atoms with Crippen molar-refractivity contribution in [1.29, 1.82) is 0 Å². The first-order chi connectivity index (χ1) is 7.10. The quantitative estimate of drug-likeness (QED) is 0.380. The van der Waals surface area contributed by atoms with Crippen LogP contribution in [0.15, 0.2) is 36.5 Å². The standard InChI is InChI=1S/C13H19O2/c1-5-6-7-12(10-11(2)3)8-9-13(14)15-4/h5-6,8-9H,2,7,10H2,1,3-4H3. The summed E-state index contributed by atoms with van der Waals surface area (Å²) in [6, 6.07) is 0. The minimum atomic E-state index is -0.324. The highest BCUT2D eigenvalue weighted by Crippen LogP contribution is 2.18. The van der Waals surface area contributed by atoms with E-state index in [2.05, 4.69) is 17.4 Å². The number of rotatable bonds is 6. The lowest BCUT2D eigenvalue weighted by molar-refractivity contribution is -0.134. The molecule has 0 rings (SSSR count). The summed E-state index contributed by atoms with van der Waals surface area (Å²) in [5.41, 5.74) is 1.09. The minimum absolute atomic E-state index is 0.324. The molecule has 0 unspecified atom stereocenters. The van der Waals surface area contributed by atoms with Crippen molar-refractivity contribution in [2.75, 3.05) is 7.11 Å². The van der Waals surface area contributed by atoms with E-state index < -0.39 is 0 Å². The van der Waals surface area contributed by atoms with Crippen LogP contribution in [-0.4, -0.2) is 13.1 Å². The Morgan fingerprint density at radius 1 is 1.40 bits per heavy atom. The average molecular weight is 207 g/mol. The lowest BCUT2D eigenvalue weighted by atomic mass is 9.97. The summed E-state index contributed by atoms with van der Waals surface area (Å²) in [6.07, 6.45) is 8.96. The molecule has 83 valence electrons. The number of ether oxygens (including phenoxy) is 1. The van der Waals surface area contributed by atoms with Gasteiger partial charge in [0.1, 0.15) is 0 Å². The molecule has 0 saturated carbocycles. The summed E-state index contributed by atoms with van der Waals surface area (Å²) >= 11 is 0. The molecule has 0 aromatic rings. The number of hydrogen-bond acceptors (Lipinski definition) is 2. The van der Waals surface area contributed by atoms with Crippen molar-refractivity contribution < 1.29 is 9.53 Å². The summed E-state index contributed by atoms with van der Waals surface area (Å²) in [4.78, 5) is 10.9. The molecule has 0 fully saturated rings. The normalized spacial score (nSPS) is 11.5. The Morgan fingerprint density at radius 3 is 2.53 bits per heavy atom. The molecule has 0 atom stereocenters. The van der Waals surface area contributed by atoms with Crippen molar-refractivity contribution >= 4 is 5.97 Å². The number of methoxy groups -OCH3 is 1. The molecule has 0 aliphatic carbocycles. The second kappa shape index (κ2) is 8.04. The summed E-state index contributed by atoms with van der Waals surface area (Å²) in [7, 11) is 1.37. The number of carbonyl (C=O) groups is 1. The molecule has 0 aliphatic rings. The highest BCUT2D eigenvalue weighted by molar-refractivity contribution is 5.82. The van der Waals surface area contributed by atoms with Crippen LogP contribution in [0, 0.1) is 5.92 Å². The number of allylic oxidation sites excluding steroid dienone is 4. The van der Waals surface area contributed by atoms with Crippen molar-refractivity contribution in [3.05, 3.63) is 42.4 Å².